The first-order valence-corrected chi connectivity index (χ1v) is 5.58. The highest BCUT2D eigenvalue weighted by molar-refractivity contribution is 4.85. The Labute approximate surface area is 104 Å². The molecule has 0 aromatic carbocycles. The molecule has 0 N–H and O–H groups in total. The van der Waals surface area contributed by atoms with Gasteiger partial charge in [-0.15, -0.1) is 0 Å². The topological polar surface area (TPSA) is 18.5 Å². The zero-order valence-electron chi connectivity index (χ0n) is 10.5. The van der Waals surface area contributed by atoms with Crippen molar-refractivity contribution in [1.82, 2.24) is 0 Å². The van der Waals surface area contributed by atoms with Crippen LogP contribution in [-0.2, 0) is 9.47 Å². The lowest BCUT2D eigenvalue weighted by molar-refractivity contribution is -0.221. The SMILES string of the molecule is CC=COCCC(F)(F)C(F)(F)CCOC=CC. The molecule has 0 aliphatic rings. The molecule has 0 rings (SSSR count). The van der Waals surface area contributed by atoms with Crippen LogP contribution < -0.4 is 0 Å². The van der Waals surface area contributed by atoms with E-state index in [2.05, 4.69) is 9.47 Å². The fourth-order valence-corrected chi connectivity index (χ4v) is 1.07. The van der Waals surface area contributed by atoms with Crippen molar-refractivity contribution in [2.75, 3.05) is 13.2 Å². The average molecular weight is 270 g/mol. The molecule has 0 radical (unpaired) electrons. The maximum atomic E-state index is 13.2. The van der Waals surface area contributed by atoms with Gasteiger partial charge in [-0.3, -0.25) is 0 Å². The second-order valence-electron chi connectivity index (χ2n) is 3.59. The highest BCUT2D eigenvalue weighted by Crippen LogP contribution is 2.39. The van der Waals surface area contributed by atoms with Crippen LogP contribution in [0.25, 0.3) is 0 Å². The van der Waals surface area contributed by atoms with E-state index in [1.807, 2.05) is 0 Å². The lowest BCUT2D eigenvalue weighted by Gasteiger charge is -2.26. The Hall–Kier alpha value is -1.20. The molecule has 0 aromatic rings. The van der Waals surface area contributed by atoms with Gasteiger partial charge >= 0.3 is 11.8 Å². The zero-order valence-corrected chi connectivity index (χ0v) is 10.5. The molecule has 0 amide bonds. The number of allylic oxidation sites excluding steroid dienone is 2. The molecule has 0 atom stereocenters. The van der Waals surface area contributed by atoms with Crippen LogP contribution in [0.4, 0.5) is 17.6 Å². The van der Waals surface area contributed by atoms with Crippen LogP contribution >= 0.6 is 0 Å². The number of alkyl halides is 4. The lowest BCUT2D eigenvalue weighted by atomic mass is 10.1. The van der Waals surface area contributed by atoms with E-state index >= 15 is 0 Å². The first-order chi connectivity index (χ1) is 8.37. The molecule has 0 spiro atoms. The quantitative estimate of drug-likeness (QED) is 0.356. The average Bonchev–Trinajstić information content (AvgIpc) is 2.30. The van der Waals surface area contributed by atoms with Crippen molar-refractivity contribution in [1.29, 1.82) is 0 Å². The van der Waals surface area contributed by atoms with Gasteiger partial charge in [-0.25, -0.2) is 0 Å². The van der Waals surface area contributed by atoms with Crippen LogP contribution in [0.3, 0.4) is 0 Å². The third-order valence-corrected chi connectivity index (χ3v) is 2.07. The number of hydrogen-bond donors (Lipinski definition) is 0. The molecule has 106 valence electrons. The van der Waals surface area contributed by atoms with Gasteiger partial charge in [0.1, 0.15) is 0 Å². The molecule has 0 aliphatic carbocycles. The van der Waals surface area contributed by atoms with Gasteiger partial charge in [-0.2, -0.15) is 17.6 Å². The largest absolute Gasteiger partial charge is 0.501 e. The molecule has 0 heterocycles. The van der Waals surface area contributed by atoms with Crippen molar-refractivity contribution >= 4 is 0 Å². The molecule has 6 heteroatoms. The van der Waals surface area contributed by atoms with Gasteiger partial charge in [-0.05, 0) is 13.8 Å². The van der Waals surface area contributed by atoms with E-state index in [0.717, 1.165) is 0 Å². The maximum Gasteiger partial charge on any atom is 0.313 e. The number of rotatable bonds is 9. The second-order valence-corrected chi connectivity index (χ2v) is 3.59. The number of hydrogen-bond acceptors (Lipinski definition) is 2. The van der Waals surface area contributed by atoms with Crippen LogP contribution in [0.2, 0.25) is 0 Å². The molecule has 2 nitrogen and oxygen atoms in total. The molecule has 0 aromatic heterocycles. The minimum Gasteiger partial charge on any atom is -0.501 e. The van der Waals surface area contributed by atoms with Gasteiger partial charge in [0.2, 0.25) is 0 Å². The van der Waals surface area contributed by atoms with Gasteiger partial charge < -0.3 is 9.47 Å². The highest BCUT2D eigenvalue weighted by Gasteiger charge is 2.55. The molecular weight excluding hydrogens is 252 g/mol. The number of halogens is 4. The van der Waals surface area contributed by atoms with E-state index < -0.39 is 37.9 Å². The first kappa shape index (κ1) is 16.8. The van der Waals surface area contributed by atoms with E-state index in [4.69, 9.17) is 0 Å². The normalized spacial score (nSPS) is 13.4. The molecule has 0 saturated heterocycles. The molecule has 0 bridgehead atoms. The predicted molar refractivity (Wildman–Crippen MR) is 60.7 cm³/mol. The summed E-state index contributed by atoms with van der Waals surface area (Å²) in [6.07, 6.45) is 3.27. The molecule has 0 saturated carbocycles. The molecule has 0 fully saturated rings. The minimum atomic E-state index is -4.10. The van der Waals surface area contributed by atoms with Crippen molar-refractivity contribution in [2.45, 2.75) is 38.5 Å². The van der Waals surface area contributed by atoms with E-state index in [1.54, 1.807) is 13.8 Å². The van der Waals surface area contributed by atoms with Crippen LogP contribution in [0, 0.1) is 0 Å². The van der Waals surface area contributed by atoms with Gasteiger partial charge in [0.15, 0.2) is 0 Å². The predicted octanol–water partition coefficient (Wildman–Crippen LogP) is 4.14. The van der Waals surface area contributed by atoms with Crippen molar-refractivity contribution < 1.29 is 27.0 Å². The molecule has 18 heavy (non-hydrogen) atoms. The van der Waals surface area contributed by atoms with Crippen molar-refractivity contribution in [2.24, 2.45) is 0 Å². The highest BCUT2D eigenvalue weighted by atomic mass is 19.3. The monoisotopic (exact) mass is 270 g/mol. The van der Waals surface area contributed by atoms with E-state index in [0.29, 0.717) is 0 Å². The smallest absolute Gasteiger partial charge is 0.313 e. The summed E-state index contributed by atoms with van der Waals surface area (Å²) < 4.78 is 62.1. The third kappa shape index (κ3) is 5.93. The summed E-state index contributed by atoms with van der Waals surface area (Å²) in [4.78, 5) is 0. The van der Waals surface area contributed by atoms with Crippen molar-refractivity contribution in [3.63, 3.8) is 0 Å². The number of ether oxygens (including phenoxy) is 2. The van der Waals surface area contributed by atoms with Gasteiger partial charge in [0.25, 0.3) is 0 Å². The zero-order chi connectivity index (χ0) is 14.1. The first-order valence-electron chi connectivity index (χ1n) is 5.58. The maximum absolute atomic E-state index is 13.2. The van der Waals surface area contributed by atoms with Crippen LogP contribution in [-0.4, -0.2) is 25.1 Å². The van der Waals surface area contributed by atoms with Gasteiger partial charge in [0, 0.05) is 0 Å². The summed E-state index contributed by atoms with van der Waals surface area (Å²) in [7, 11) is 0. The Bertz CT molecular complexity index is 247. The van der Waals surface area contributed by atoms with Crippen LogP contribution in [0.15, 0.2) is 24.7 Å². The van der Waals surface area contributed by atoms with Crippen molar-refractivity contribution in [3.8, 4) is 0 Å². The van der Waals surface area contributed by atoms with E-state index in [-0.39, 0.29) is 0 Å². The van der Waals surface area contributed by atoms with Gasteiger partial charge in [0.05, 0.1) is 38.6 Å². The summed E-state index contributed by atoms with van der Waals surface area (Å²) in [5.41, 5.74) is 0. The molecule has 0 aliphatic heterocycles. The van der Waals surface area contributed by atoms with E-state index in [1.165, 1.54) is 24.7 Å². The molecule has 0 unspecified atom stereocenters. The Balaban J connectivity index is 4.17. The van der Waals surface area contributed by atoms with Gasteiger partial charge in [-0.1, -0.05) is 12.2 Å². The lowest BCUT2D eigenvalue weighted by Crippen LogP contribution is -2.42. The van der Waals surface area contributed by atoms with E-state index in [9.17, 15) is 17.6 Å². The van der Waals surface area contributed by atoms with Crippen molar-refractivity contribution in [3.05, 3.63) is 24.7 Å². The Morgan fingerprint density at radius 1 is 0.778 bits per heavy atom. The second kappa shape index (κ2) is 8.00. The summed E-state index contributed by atoms with van der Waals surface area (Å²) in [6.45, 7) is 2.35. The molecular formula is C12H18F4O2. The minimum absolute atomic E-state index is 0.456. The summed E-state index contributed by atoms with van der Waals surface area (Å²) in [6, 6.07) is 0. The fraction of sp³-hybridized carbons (Fsp3) is 0.667. The summed E-state index contributed by atoms with van der Waals surface area (Å²) in [5.74, 6) is -8.21. The fourth-order valence-electron chi connectivity index (χ4n) is 1.07. The Kier molecular flexibility index (Phi) is 7.47. The van der Waals surface area contributed by atoms with Crippen LogP contribution in [0.5, 0.6) is 0 Å². The standard InChI is InChI=1S/C12H18F4O2/c1-3-7-17-9-5-11(13,14)12(15,16)6-10-18-8-4-2/h3-4,7-8H,5-6,9-10H2,1-2H3. The third-order valence-electron chi connectivity index (χ3n) is 2.07. The Morgan fingerprint density at radius 3 is 1.39 bits per heavy atom. The van der Waals surface area contributed by atoms with Crippen LogP contribution in [0.1, 0.15) is 26.7 Å². The Morgan fingerprint density at radius 2 is 1.11 bits per heavy atom. The summed E-state index contributed by atoms with van der Waals surface area (Å²) >= 11 is 0. The summed E-state index contributed by atoms with van der Waals surface area (Å²) in [5, 5.41) is 0.